The second kappa shape index (κ2) is 6.70. The van der Waals surface area contributed by atoms with Gasteiger partial charge < -0.3 is 5.32 Å². The number of amides is 1. The molecule has 3 rings (SSSR count). The number of nitrogens with one attached hydrogen (secondary N) is 1. The number of rotatable bonds is 4. The van der Waals surface area contributed by atoms with E-state index in [1.54, 1.807) is 10.7 Å². The Kier molecular flexibility index (Phi) is 4.47. The van der Waals surface area contributed by atoms with Crippen molar-refractivity contribution in [3.05, 3.63) is 70.0 Å². The van der Waals surface area contributed by atoms with Gasteiger partial charge in [-0.1, -0.05) is 29.8 Å². The second-order valence-electron chi connectivity index (χ2n) is 5.00. The minimum atomic E-state index is -0.184. The van der Waals surface area contributed by atoms with Crippen LogP contribution >= 0.6 is 15.9 Å². The van der Waals surface area contributed by atoms with E-state index in [-0.39, 0.29) is 12.5 Å². The van der Waals surface area contributed by atoms with Gasteiger partial charge in [-0.2, -0.15) is 4.68 Å². The Morgan fingerprint density at radius 1 is 1.17 bits per heavy atom. The van der Waals surface area contributed by atoms with Gasteiger partial charge in [0.1, 0.15) is 0 Å². The van der Waals surface area contributed by atoms with Gasteiger partial charge in [0.15, 0.2) is 5.82 Å². The van der Waals surface area contributed by atoms with Crippen LogP contribution in [0.4, 0.5) is 0 Å². The summed E-state index contributed by atoms with van der Waals surface area (Å²) in [5.41, 5.74) is 2.58. The van der Waals surface area contributed by atoms with Crippen LogP contribution in [-0.2, 0) is 6.54 Å². The summed E-state index contributed by atoms with van der Waals surface area (Å²) in [5, 5.41) is 14.5. The van der Waals surface area contributed by atoms with E-state index in [0.717, 1.165) is 15.7 Å². The Morgan fingerprint density at radius 3 is 2.65 bits per heavy atom. The SMILES string of the molecule is Cc1ccc(-n2nnnc2CNC(=O)c2ccccc2Br)cc1. The van der Waals surface area contributed by atoms with E-state index in [0.29, 0.717) is 11.4 Å². The van der Waals surface area contributed by atoms with E-state index in [9.17, 15) is 4.79 Å². The summed E-state index contributed by atoms with van der Waals surface area (Å²) < 4.78 is 2.36. The summed E-state index contributed by atoms with van der Waals surface area (Å²) in [6, 6.07) is 15.1. The highest BCUT2D eigenvalue weighted by Crippen LogP contribution is 2.15. The molecule has 0 saturated heterocycles. The van der Waals surface area contributed by atoms with Crippen molar-refractivity contribution >= 4 is 21.8 Å². The van der Waals surface area contributed by atoms with Crippen LogP contribution in [0, 0.1) is 6.92 Å². The summed E-state index contributed by atoms with van der Waals surface area (Å²) >= 11 is 3.37. The molecule has 6 nitrogen and oxygen atoms in total. The van der Waals surface area contributed by atoms with E-state index in [1.165, 1.54) is 0 Å². The topological polar surface area (TPSA) is 72.7 Å². The quantitative estimate of drug-likeness (QED) is 0.764. The molecule has 0 atom stereocenters. The lowest BCUT2D eigenvalue weighted by Crippen LogP contribution is -2.25. The molecule has 0 aliphatic rings. The number of halogens is 1. The summed E-state index contributed by atoms with van der Waals surface area (Å²) in [6.07, 6.45) is 0. The fourth-order valence-electron chi connectivity index (χ4n) is 2.10. The molecule has 0 radical (unpaired) electrons. The number of tetrazole rings is 1. The van der Waals surface area contributed by atoms with Crippen molar-refractivity contribution in [2.45, 2.75) is 13.5 Å². The molecule has 7 heteroatoms. The van der Waals surface area contributed by atoms with E-state index in [2.05, 4.69) is 36.8 Å². The maximum atomic E-state index is 12.2. The van der Waals surface area contributed by atoms with Gasteiger partial charge in [0.2, 0.25) is 0 Å². The smallest absolute Gasteiger partial charge is 0.252 e. The number of carbonyl (C=O) groups excluding carboxylic acids is 1. The standard InChI is InChI=1S/C16H14BrN5O/c1-11-6-8-12(9-7-11)22-15(19-20-21-22)10-18-16(23)13-4-2-3-5-14(13)17/h2-9H,10H2,1H3,(H,18,23). The first-order valence-electron chi connectivity index (χ1n) is 7.02. The molecule has 23 heavy (non-hydrogen) atoms. The van der Waals surface area contributed by atoms with Crippen molar-refractivity contribution in [1.82, 2.24) is 25.5 Å². The Labute approximate surface area is 141 Å². The Bertz CT molecular complexity index is 828. The molecule has 116 valence electrons. The van der Waals surface area contributed by atoms with Crippen LogP contribution in [0.5, 0.6) is 0 Å². The van der Waals surface area contributed by atoms with Crippen molar-refractivity contribution < 1.29 is 4.79 Å². The van der Waals surface area contributed by atoms with Crippen molar-refractivity contribution in [3.8, 4) is 5.69 Å². The molecule has 0 bridgehead atoms. The molecule has 0 fully saturated rings. The number of carbonyl (C=O) groups is 1. The zero-order chi connectivity index (χ0) is 16.2. The predicted molar refractivity (Wildman–Crippen MR) is 89.2 cm³/mol. The molecule has 1 amide bonds. The lowest BCUT2D eigenvalue weighted by molar-refractivity contribution is 0.0949. The highest BCUT2D eigenvalue weighted by atomic mass is 79.9. The number of hydrogen-bond donors (Lipinski definition) is 1. The zero-order valence-electron chi connectivity index (χ0n) is 12.4. The van der Waals surface area contributed by atoms with Crippen molar-refractivity contribution in [3.63, 3.8) is 0 Å². The van der Waals surface area contributed by atoms with Crippen LogP contribution in [0.3, 0.4) is 0 Å². The third-order valence-corrected chi connectivity index (χ3v) is 4.03. The van der Waals surface area contributed by atoms with E-state index >= 15 is 0 Å². The highest BCUT2D eigenvalue weighted by molar-refractivity contribution is 9.10. The molecule has 1 aromatic heterocycles. The molecule has 0 spiro atoms. The first-order valence-corrected chi connectivity index (χ1v) is 7.81. The molecule has 0 aliphatic carbocycles. The Hall–Kier alpha value is -2.54. The first-order chi connectivity index (χ1) is 11.1. The molecule has 0 aliphatic heterocycles. The maximum absolute atomic E-state index is 12.2. The third-order valence-electron chi connectivity index (χ3n) is 3.34. The lowest BCUT2D eigenvalue weighted by atomic mass is 10.2. The molecular formula is C16H14BrN5O. The normalized spacial score (nSPS) is 10.5. The second-order valence-corrected chi connectivity index (χ2v) is 5.86. The van der Waals surface area contributed by atoms with Gasteiger partial charge in [-0.15, -0.1) is 5.10 Å². The van der Waals surface area contributed by atoms with Crippen LogP contribution in [0.2, 0.25) is 0 Å². The number of benzene rings is 2. The van der Waals surface area contributed by atoms with Crippen LogP contribution in [0.25, 0.3) is 5.69 Å². The molecule has 0 unspecified atom stereocenters. The van der Waals surface area contributed by atoms with Gasteiger partial charge in [-0.05, 0) is 57.5 Å². The predicted octanol–water partition coefficient (Wildman–Crippen LogP) is 2.66. The number of hydrogen-bond acceptors (Lipinski definition) is 4. The van der Waals surface area contributed by atoms with Crippen LogP contribution in [0.1, 0.15) is 21.7 Å². The fourth-order valence-corrected chi connectivity index (χ4v) is 2.57. The summed E-state index contributed by atoms with van der Waals surface area (Å²) in [6.45, 7) is 2.25. The number of aromatic nitrogens is 4. The van der Waals surface area contributed by atoms with E-state index in [1.807, 2.05) is 49.4 Å². The summed E-state index contributed by atoms with van der Waals surface area (Å²) in [4.78, 5) is 12.2. The fraction of sp³-hybridized carbons (Fsp3) is 0.125. The van der Waals surface area contributed by atoms with Crippen molar-refractivity contribution in [2.75, 3.05) is 0 Å². The Morgan fingerprint density at radius 2 is 1.91 bits per heavy atom. The van der Waals surface area contributed by atoms with Crippen molar-refractivity contribution in [1.29, 1.82) is 0 Å². The summed E-state index contributed by atoms with van der Waals surface area (Å²) in [7, 11) is 0. The number of nitrogens with zero attached hydrogens (tertiary/aromatic N) is 4. The van der Waals surface area contributed by atoms with E-state index < -0.39 is 0 Å². The molecule has 1 N–H and O–H groups in total. The van der Waals surface area contributed by atoms with E-state index in [4.69, 9.17) is 0 Å². The molecule has 2 aromatic carbocycles. The van der Waals surface area contributed by atoms with Gasteiger partial charge in [0.25, 0.3) is 5.91 Å². The maximum Gasteiger partial charge on any atom is 0.252 e. The summed E-state index contributed by atoms with van der Waals surface area (Å²) in [5.74, 6) is 0.380. The third kappa shape index (κ3) is 3.45. The molecular weight excluding hydrogens is 358 g/mol. The monoisotopic (exact) mass is 371 g/mol. The highest BCUT2D eigenvalue weighted by Gasteiger charge is 2.12. The van der Waals surface area contributed by atoms with Gasteiger partial charge in [-0.3, -0.25) is 4.79 Å². The molecule has 3 aromatic rings. The van der Waals surface area contributed by atoms with Gasteiger partial charge in [0.05, 0.1) is 17.8 Å². The minimum Gasteiger partial charge on any atom is -0.345 e. The number of aryl methyl sites for hydroxylation is 1. The average molecular weight is 372 g/mol. The molecule has 1 heterocycles. The zero-order valence-corrected chi connectivity index (χ0v) is 14.0. The first kappa shape index (κ1) is 15.4. The largest absolute Gasteiger partial charge is 0.345 e. The van der Waals surface area contributed by atoms with Gasteiger partial charge in [-0.25, -0.2) is 0 Å². The van der Waals surface area contributed by atoms with Gasteiger partial charge in [0, 0.05) is 4.47 Å². The van der Waals surface area contributed by atoms with Crippen LogP contribution in [0.15, 0.2) is 53.0 Å². The van der Waals surface area contributed by atoms with Crippen LogP contribution < -0.4 is 5.32 Å². The van der Waals surface area contributed by atoms with Crippen molar-refractivity contribution in [2.24, 2.45) is 0 Å². The lowest BCUT2D eigenvalue weighted by Gasteiger charge is -2.07. The molecule has 0 saturated carbocycles. The average Bonchev–Trinajstić information content (AvgIpc) is 3.02. The van der Waals surface area contributed by atoms with Crippen LogP contribution in [-0.4, -0.2) is 26.1 Å². The minimum absolute atomic E-state index is 0.184. The Balaban J connectivity index is 1.75. The van der Waals surface area contributed by atoms with Gasteiger partial charge >= 0.3 is 0 Å².